The Hall–Kier alpha value is 0.0600. The number of hydrogen-bond acceptors (Lipinski definition) is 8. The fourth-order valence-electron chi connectivity index (χ4n) is 1.38. The average molecular weight is 325 g/mol. The van der Waals surface area contributed by atoms with Gasteiger partial charge in [-0.3, -0.25) is 10.3 Å². The highest BCUT2D eigenvalue weighted by atomic mass is 31.2. The molecule has 0 aromatic carbocycles. The average Bonchev–Trinajstić information content (AvgIpc) is 2.36. The van der Waals surface area contributed by atoms with Gasteiger partial charge in [-0.1, -0.05) is 0 Å². The first-order valence-electron chi connectivity index (χ1n) is 4.63. The quantitative estimate of drug-likeness (QED) is 0.198. The summed E-state index contributed by atoms with van der Waals surface area (Å²) in [7, 11) is -9.99. The molecule has 0 aromatic heterocycles. The molecule has 0 saturated carbocycles. The van der Waals surface area contributed by atoms with Gasteiger partial charge in [0, 0.05) is 0 Å². The van der Waals surface area contributed by atoms with Crippen molar-refractivity contribution in [2.24, 2.45) is 5.73 Å². The first-order valence-corrected chi connectivity index (χ1v) is 7.69. The summed E-state index contributed by atoms with van der Waals surface area (Å²) in [5, 5.41) is 18.9. The summed E-state index contributed by atoms with van der Waals surface area (Å²) < 4.78 is 33.7. The highest BCUT2D eigenvalue weighted by Crippen LogP contribution is 2.45. The molecule has 14 heteroatoms. The lowest BCUT2D eigenvalue weighted by atomic mass is 10.1. The molecule has 19 heavy (non-hydrogen) atoms. The van der Waals surface area contributed by atoms with E-state index in [-0.39, 0.29) is 0 Å². The summed E-state index contributed by atoms with van der Waals surface area (Å²) in [6.45, 7) is -0.883. The minimum absolute atomic E-state index is 0.883. The molecule has 1 fully saturated rings. The topological polar surface area (TPSA) is 209 Å². The van der Waals surface area contributed by atoms with E-state index in [4.69, 9.17) is 25.3 Å². The van der Waals surface area contributed by atoms with E-state index in [1.54, 1.807) is 0 Å². The van der Waals surface area contributed by atoms with E-state index < -0.39 is 46.5 Å². The van der Waals surface area contributed by atoms with Gasteiger partial charge < -0.3 is 34.5 Å². The largest absolute Gasteiger partial charge is 0.473 e. The second-order valence-electron chi connectivity index (χ2n) is 3.68. The van der Waals surface area contributed by atoms with Crippen LogP contribution in [-0.2, 0) is 22.9 Å². The number of phosphoric acid groups is 2. The van der Waals surface area contributed by atoms with Crippen LogP contribution in [0.25, 0.3) is 0 Å². The third-order valence-corrected chi connectivity index (χ3v) is 3.13. The zero-order valence-corrected chi connectivity index (χ0v) is 10.9. The third-order valence-electron chi connectivity index (χ3n) is 2.12. The van der Waals surface area contributed by atoms with Crippen LogP contribution in [0.5, 0.6) is 0 Å². The molecule has 1 aliphatic rings. The maximum atomic E-state index is 10.6. The van der Waals surface area contributed by atoms with Crippen molar-refractivity contribution in [3.05, 3.63) is 0 Å². The van der Waals surface area contributed by atoms with Crippen LogP contribution in [0, 0.1) is 0 Å². The molecule has 1 unspecified atom stereocenters. The van der Waals surface area contributed by atoms with Crippen LogP contribution in [0.15, 0.2) is 0 Å². The molecule has 0 radical (unpaired) electrons. The van der Waals surface area contributed by atoms with Gasteiger partial charge in [-0.2, -0.15) is 0 Å². The number of ether oxygens (including phenoxy) is 1. The van der Waals surface area contributed by atoms with Crippen LogP contribution in [0.2, 0.25) is 0 Å². The Balaban J connectivity index is 2.75. The van der Waals surface area contributed by atoms with E-state index in [2.05, 4.69) is 13.8 Å². The molecule has 0 bridgehead atoms. The maximum Gasteiger partial charge on any atom is 0.473 e. The Labute approximate surface area is 106 Å². The monoisotopic (exact) mass is 325 g/mol. The Kier molecular flexibility index (Phi) is 4.91. The first-order chi connectivity index (χ1) is 8.34. The Morgan fingerprint density at radius 2 is 1.68 bits per heavy atom. The molecule has 12 nitrogen and oxygen atoms in total. The van der Waals surface area contributed by atoms with Crippen LogP contribution in [0.4, 0.5) is 0 Å². The van der Waals surface area contributed by atoms with Crippen molar-refractivity contribution in [2.75, 3.05) is 6.61 Å². The second kappa shape index (κ2) is 5.45. The predicted molar refractivity (Wildman–Crippen MR) is 54.9 cm³/mol. The fourth-order valence-corrected chi connectivity index (χ4v) is 2.25. The van der Waals surface area contributed by atoms with Crippen LogP contribution < -0.4 is 5.73 Å². The normalized spacial score (nSPS) is 36.7. The van der Waals surface area contributed by atoms with Gasteiger partial charge in [-0.05, 0) is 0 Å². The van der Waals surface area contributed by atoms with E-state index in [9.17, 15) is 19.3 Å². The first kappa shape index (κ1) is 17.1. The molecule has 0 spiro atoms. The van der Waals surface area contributed by atoms with Crippen molar-refractivity contribution in [3.8, 4) is 0 Å². The number of rotatable bonds is 5. The summed E-state index contributed by atoms with van der Waals surface area (Å²) in [5.74, 6) is -2.73. The molecule has 114 valence electrons. The lowest BCUT2D eigenvalue weighted by Gasteiger charge is -2.26. The van der Waals surface area contributed by atoms with Crippen molar-refractivity contribution in [1.82, 2.24) is 0 Å². The molecular weight excluding hydrogens is 312 g/mol. The van der Waals surface area contributed by atoms with Crippen molar-refractivity contribution < 1.29 is 52.7 Å². The minimum Gasteiger partial charge on any atom is -0.387 e. The summed E-state index contributed by atoms with van der Waals surface area (Å²) in [6, 6.07) is 0. The minimum atomic E-state index is -5.14. The summed E-state index contributed by atoms with van der Waals surface area (Å²) in [4.78, 5) is 34.0. The highest BCUT2D eigenvalue weighted by Gasteiger charge is 2.56. The van der Waals surface area contributed by atoms with Gasteiger partial charge in [0.05, 0.1) is 6.61 Å². The van der Waals surface area contributed by atoms with Crippen molar-refractivity contribution in [2.45, 2.75) is 24.2 Å². The van der Waals surface area contributed by atoms with Gasteiger partial charge in [0.2, 0.25) is 0 Å². The number of phosphoric ester groups is 2. The molecule has 8 N–H and O–H groups in total. The molecular formula is C5H13NO11P2. The van der Waals surface area contributed by atoms with Crippen LogP contribution in [0.1, 0.15) is 0 Å². The van der Waals surface area contributed by atoms with Gasteiger partial charge in [-0.25, -0.2) is 13.7 Å². The van der Waals surface area contributed by atoms with Crippen molar-refractivity contribution in [3.63, 3.8) is 0 Å². The molecule has 1 rings (SSSR count). The fraction of sp³-hybridized carbons (Fsp3) is 1.00. The van der Waals surface area contributed by atoms with E-state index in [0.717, 1.165) is 0 Å². The number of hydrogen-bond donors (Lipinski definition) is 7. The van der Waals surface area contributed by atoms with E-state index in [1.807, 2.05) is 0 Å². The highest BCUT2D eigenvalue weighted by molar-refractivity contribution is 7.46. The summed E-state index contributed by atoms with van der Waals surface area (Å²) in [5.41, 5.74) is 5.21. The molecule has 1 saturated heterocycles. The number of nitrogens with two attached hydrogens (primary N) is 1. The van der Waals surface area contributed by atoms with Gasteiger partial charge in [0.25, 0.3) is 5.91 Å². The van der Waals surface area contributed by atoms with E-state index in [1.165, 1.54) is 0 Å². The Bertz CT molecular complexity index is 417. The molecule has 4 atom stereocenters. The standard InChI is InChI=1S/C5H13NO11P2/c6-5(17-19(12,13)14)4(8)3(7)2(16-5)1-15-18(9,10)11/h2-4,7-8H,1,6H2,(H2,9,10,11)(H2,12,13,14)/t2-,3-,4-,5?/m1/s1. The zero-order valence-electron chi connectivity index (χ0n) is 9.14. The smallest absolute Gasteiger partial charge is 0.387 e. The number of aliphatic hydroxyl groups is 2. The molecule has 0 aromatic rings. The van der Waals surface area contributed by atoms with Gasteiger partial charge in [0.15, 0.2) is 6.10 Å². The second-order valence-corrected chi connectivity index (χ2v) is 6.08. The molecule has 1 aliphatic heterocycles. The van der Waals surface area contributed by atoms with Crippen LogP contribution in [0.3, 0.4) is 0 Å². The summed E-state index contributed by atoms with van der Waals surface area (Å²) in [6.07, 6.45) is -5.45. The lowest BCUT2D eigenvalue weighted by molar-refractivity contribution is -0.215. The van der Waals surface area contributed by atoms with E-state index in [0.29, 0.717) is 0 Å². The summed E-state index contributed by atoms with van der Waals surface area (Å²) >= 11 is 0. The van der Waals surface area contributed by atoms with Gasteiger partial charge >= 0.3 is 15.6 Å². The van der Waals surface area contributed by atoms with Crippen LogP contribution in [-0.4, -0.2) is 60.6 Å². The molecule has 0 amide bonds. The SMILES string of the molecule is NC1(OP(=O)(O)O)O[C@H](COP(=O)(O)O)[C@@H](O)[C@H]1O. The van der Waals surface area contributed by atoms with Crippen molar-refractivity contribution in [1.29, 1.82) is 0 Å². The van der Waals surface area contributed by atoms with Gasteiger partial charge in [-0.15, -0.1) is 0 Å². The zero-order chi connectivity index (χ0) is 15.1. The van der Waals surface area contributed by atoms with Crippen LogP contribution >= 0.6 is 15.6 Å². The van der Waals surface area contributed by atoms with Crippen molar-refractivity contribution >= 4 is 15.6 Å². The maximum absolute atomic E-state index is 10.6. The molecule has 0 aliphatic carbocycles. The van der Waals surface area contributed by atoms with E-state index >= 15 is 0 Å². The number of aliphatic hydroxyl groups excluding tert-OH is 2. The molecule has 1 heterocycles. The third kappa shape index (κ3) is 4.83. The lowest BCUT2D eigenvalue weighted by Crippen LogP contribution is -2.52. The van der Waals surface area contributed by atoms with Gasteiger partial charge in [0.1, 0.15) is 12.2 Å². The Morgan fingerprint density at radius 1 is 1.16 bits per heavy atom. The Morgan fingerprint density at radius 3 is 2.11 bits per heavy atom. The predicted octanol–water partition coefficient (Wildman–Crippen LogP) is -3.06.